The van der Waals surface area contributed by atoms with Crippen LogP contribution in [0.1, 0.15) is 43.2 Å². The molecule has 0 amide bonds. The molecule has 1 saturated heterocycles. The molecular weight excluding hydrogens is 378 g/mol. The van der Waals surface area contributed by atoms with E-state index in [4.69, 9.17) is 0 Å². The molecule has 4 rings (SSSR count). The molecule has 2 heteroatoms. The summed E-state index contributed by atoms with van der Waals surface area (Å²) in [6, 6.07) is 28.5. The van der Waals surface area contributed by atoms with Gasteiger partial charge in [0.05, 0.1) is 6.54 Å². The second kappa shape index (κ2) is 10.4. The Labute approximate surface area is 186 Å². The van der Waals surface area contributed by atoms with E-state index in [2.05, 4.69) is 41.0 Å². The highest BCUT2D eigenvalue weighted by Crippen LogP contribution is 2.34. The molecule has 0 aliphatic carbocycles. The van der Waals surface area contributed by atoms with E-state index in [-0.39, 0.29) is 0 Å². The minimum atomic E-state index is -1.12. The summed E-state index contributed by atoms with van der Waals surface area (Å²) in [4.78, 5) is 2.44. The van der Waals surface area contributed by atoms with Gasteiger partial charge in [0.25, 0.3) is 0 Å². The van der Waals surface area contributed by atoms with Crippen LogP contribution in [0.5, 0.6) is 0 Å². The zero-order valence-electron chi connectivity index (χ0n) is 18.1. The third kappa shape index (κ3) is 5.44. The fourth-order valence-corrected chi connectivity index (χ4v) is 4.31. The molecule has 1 atom stereocenters. The van der Waals surface area contributed by atoms with Crippen molar-refractivity contribution in [1.82, 2.24) is 4.90 Å². The van der Waals surface area contributed by atoms with Crippen LogP contribution in [-0.2, 0) is 5.60 Å². The standard InChI is InChI=1S/C29H31NO/c31-29(27-15-7-4-8-16-27,21-9-12-24-30-22-10-1-2-11-23-30)28-19-17-26(18-20-28)25-13-5-3-6-14-25/h3-8,13-20,31H,1-2,10-11,21-24H2/t29-/m0/s1. The van der Waals surface area contributed by atoms with Gasteiger partial charge in [0, 0.05) is 6.42 Å². The van der Waals surface area contributed by atoms with E-state index < -0.39 is 5.60 Å². The van der Waals surface area contributed by atoms with E-state index in [1.165, 1.54) is 31.2 Å². The van der Waals surface area contributed by atoms with Gasteiger partial charge in [-0.25, -0.2) is 0 Å². The van der Waals surface area contributed by atoms with Crippen molar-refractivity contribution in [2.24, 2.45) is 0 Å². The summed E-state index contributed by atoms with van der Waals surface area (Å²) in [6.45, 7) is 3.06. The Morgan fingerprint density at radius 2 is 1.19 bits per heavy atom. The minimum Gasteiger partial charge on any atom is -0.379 e. The number of hydrogen-bond donors (Lipinski definition) is 1. The van der Waals surface area contributed by atoms with E-state index in [9.17, 15) is 5.11 Å². The summed E-state index contributed by atoms with van der Waals surface area (Å²) >= 11 is 0. The third-order valence-corrected chi connectivity index (χ3v) is 6.19. The molecule has 0 unspecified atom stereocenters. The predicted octanol–water partition coefficient (Wildman–Crippen LogP) is 5.86. The van der Waals surface area contributed by atoms with Gasteiger partial charge >= 0.3 is 0 Å². The Morgan fingerprint density at radius 3 is 1.84 bits per heavy atom. The van der Waals surface area contributed by atoms with E-state index in [1.54, 1.807) is 0 Å². The van der Waals surface area contributed by atoms with Crippen LogP contribution in [0.15, 0.2) is 84.9 Å². The normalized spacial score (nSPS) is 16.5. The van der Waals surface area contributed by atoms with Crippen LogP contribution >= 0.6 is 0 Å². The lowest BCUT2D eigenvalue weighted by molar-refractivity contribution is 0.0865. The number of nitrogens with zero attached hydrogens (tertiary/aromatic N) is 1. The van der Waals surface area contributed by atoms with Crippen molar-refractivity contribution in [2.45, 2.75) is 37.7 Å². The number of aliphatic hydroxyl groups is 1. The molecule has 0 spiro atoms. The first-order valence-corrected chi connectivity index (χ1v) is 11.4. The van der Waals surface area contributed by atoms with Crippen LogP contribution in [0.4, 0.5) is 0 Å². The SMILES string of the molecule is O[C@@](CC#CCN1CCCCCC1)(c1ccccc1)c1ccc(-c2ccccc2)cc1. The largest absolute Gasteiger partial charge is 0.379 e. The first-order chi connectivity index (χ1) is 15.3. The fraction of sp³-hybridized carbons (Fsp3) is 0.310. The van der Waals surface area contributed by atoms with Crippen molar-refractivity contribution in [1.29, 1.82) is 0 Å². The molecule has 1 aliphatic heterocycles. The molecule has 3 aromatic carbocycles. The van der Waals surface area contributed by atoms with Crippen LogP contribution in [-0.4, -0.2) is 29.6 Å². The Hall–Kier alpha value is -2.86. The highest BCUT2D eigenvalue weighted by Gasteiger charge is 2.30. The minimum absolute atomic E-state index is 0.384. The van der Waals surface area contributed by atoms with Crippen molar-refractivity contribution in [3.05, 3.63) is 96.1 Å². The lowest BCUT2D eigenvalue weighted by atomic mass is 9.83. The lowest BCUT2D eigenvalue weighted by Crippen LogP contribution is -2.27. The zero-order valence-corrected chi connectivity index (χ0v) is 18.1. The summed E-state index contributed by atoms with van der Waals surface area (Å²) in [5.74, 6) is 6.63. The molecule has 0 saturated carbocycles. The molecule has 3 aromatic rings. The summed E-state index contributed by atoms with van der Waals surface area (Å²) in [7, 11) is 0. The first kappa shape index (κ1) is 21.4. The molecular formula is C29H31NO. The van der Waals surface area contributed by atoms with Gasteiger partial charge in [0.1, 0.15) is 5.60 Å². The molecule has 0 bridgehead atoms. The third-order valence-electron chi connectivity index (χ3n) is 6.19. The lowest BCUT2D eigenvalue weighted by Gasteiger charge is -2.28. The predicted molar refractivity (Wildman–Crippen MR) is 129 cm³/mol. The molecule has 0 radical (unpaired) electrons. The van der Waals surface area contributed by atoms with Crippen LogP contribution in [0.2, 0.25) is 0 Å². The molecule has 31 heavy (non-hydrogen) atoms. The van der Waals surface area contributed by atoms with Crippen molar-refractivity contribution < 1.29 is 5.11 Å². The maximum absolute atomic E-state index is 11.8. The van der Waals surface area contributed by atoms with E-state index in [0.29, 0.717) is 6.42 Å². The van der Waals surface area contributed by atoms with E-state index in [1.807, 2.05) is 60.7 Å². The van der Waals surface area contributed by atoms with Gasteiger partial charge < -0.3 is 5.11 Å². The second-order valence-electron chi connectivity index (χ2n) is 8.39. The molecule has 1 heterocycles. The van der Waals surface area contributed by atoms with Gasteiger partial charge in [-0.3, -0.25) is 4.90 Å². The van der Waals surface area contributed by atoms with Crippen LogP contribution in [0.3, 0.4) is 0 Å². The fourth-order valence-electron chi connectivity index (χ4n) is 4.31. The van der Waals surface area contributed by atoms with Gasteiger partial charge in [-0.15, -0.1) is 0 Å². The second-order valence-corrected chi connectivity index (χ2v) is 8.39. The van der Waals surface area contributed by atoms with Crippen molar-refractivity contribution in [2.75, 3.05) is 19.6 Å². The maximum Gasteiger partial charge on any atom is 0.125 e. The Morgan fingerprint density at radius 1 is 0.645 bits per heavy atom. The van der Waals surface area contributed by atoms with Crippen LogP contribution in [0.25, 0.3) is 11.1 Å². The number of likely N-dealkylation sites (tertiary alicyclic amines) is 1. The quantitative estimate of drug-likeness (QED) is 0.534. The van der Waals surface area contributed by atoms with Crippen LogP contribution < -0.4 is 0 Å². The van der Waals surface area contributed by atoms with Crippen molar-refractivity contribution in [3.8, 4) is 23.0 Å². The van der Waals surface area contributed by atoms with Gasteiger partial charge in [-0.2, -0.15) is 0 Å². The number of hydrogen-bond acceptors (Lipinski definition) is 2. The summed E-state index contributed by atoms with van der Waals surface area (Å²) in [5.41, 5.74) is 2.96. The first-order valence-electron chi connectivity index (χ1n) is 11.4. The van der Waals surface area contributed by atoms with Crippen molar-refractivity contribution >= 4 is 0 Å². The van der Waals surface area contributed by atoms with E-state index >= 15 is 0 Å². The molecule has 1 fully saturated rings. The zero-order chi connectivity index (χ0) is 21.4. The Balaban J connectivity index is 1.55. The Kier molecular flexibility index (Phi) is 7.20. The van der Waals surface area contributed by atoms with Gasteiger partial charge in [-0.1, -0.05) is 110 Å². The molecule has 1 N–H and O–H groups in total. The highest BCUT2D eigenvalue weighted by molar-refractivity contribution is 5.64. The number of rotatable bonds is 5. The highest BCUT2D eigenvalue weighted by atomic mass is 16.3. The van der Waals surface area contributed by atoms with Gasteiger partial charge in [0.15, 0.2) is 0 Å². The average molecular weight is 410 g/mol. The van der Waals surface area contributed by atoms with Crippen molar-refractivity contribution in [3.63, 3.8) is 0 Å². The summed E-state index contributed by atoms with van der Waals surface area (Å²) < 4.78 is 0. The molecule has 1 aliphatic rings. The Bertz CT molecular complexity index is 993. The average Bonchev–Trinajstić information content (AvgIpc) is 3.12. The molecule has 2 nitrogen and oxygen atoms in total. The van der Waals surface area contributed by atoms with Crippen LogP contribution in [0, 0.1) is 11.8 Å². The smallest absolute Gasteiger partial charge is 0.125 e. The molecule has 158 valence electrons. The topological polar surface area (TPSA) is 23.5 Å². The maximum atomic E-state index is 11.8. The van der Waals surface area contributed by atoms with Gasteiger partial charge in [0.2, 0.25) is 0 Å². The summed E-state index contributed by atoms with van der Waals surface area (Å²) in [5, 5.41) is 11.8. The summed E-state index contributed by atoms with van der Waals surface area (Å²) in [6.07, 6.45) is 5.58. The number of benzene rings is 3. The van der Waals surface area contributed by atoms with Gasteiger partial charge in [-0.05, 0) is 48.2 Å². The van der Waals surface area contributed by atoms with E-state index in [0.717, 1.165) is 36.3 Å². The molecule has 0 aromatic heterocycles. The monoisotopic (exact) mass is 409 g/mol.